The summed E-state index contributed by atoms with van der Waals surface area (Å²) in [6.07, 6.45) is 5.80. The fourth-order valence-electron chi connectivity index (χ4n) is 4.23. The maximum atomic E-state index is 12.6. The Morgan fingerprint density at radius 3 is 2.61 bits per heavy atom. The second-order valence-electron chi connectivity index (χ2n) is 8.37. The first-order chi connectivity index (χ1) is 16.1. The van der Waals surface area contributed by atoms with Crippen LogP contribution in [-0.2, 0) is 24.8 Å². The van der Waals surface area contributed by atoms with Gasteiger partial charge in [-0.15, -0.1) is 0 Å². The van der Waals surface area contributed by atoms with Crippen LogP contribution < -0.4 is 14.8 Å². The van der Waals surface area contributed by atoms with Gasteiger partial charge < -0.3 is 14.8 Å². The molecule has 1 aliphatic rings. The Hall–Kier alpha value is -3.39. The van der Waals surface area contributed by atoms with Gasteiger partial charge >= 0.3 is 0 Å². The number of carbonyl (C=O) groups is 1. The molecule has 0 bridgehead atoms. The van der Waals surface area contributed by atoms with Crippen LogP contribution in [0.3, 0.4) is 0 Å². The van der Waals surface area contributed by atoms with Crippen molar-refractivity contribution in [1.82, 2.24) is 25.0 Å². The van der Waals surface area contributed by atoms with Crippen LogP contribution in [0.5, 0.6) is 11.5 Å². The fraction of sp³-hybridized carbons (Fsp3) is 0.400. The quantitative estimate of drug-likeness (QED) is 0.570. The number of carbonyl (C=O) groups excluding carboxylic acids is 1. The van der Waals surface area contributed by atoms with Crippen LogP contribution in [0.4, 0.5) is 0 Å². The molecule has 2 aromatic heterocycles. The number of methoxy groups -OCH3 is 2. The first-order valence-electron chi connectivity index (χ1n) is 11.2. The van der Waals surface area contributed by atoms with E-state index in [1.165, 1.54) is 5.69 Å². The van der Waals surface area contributed by atoms with E-state index in [-0.39, 0.29) is 11.9 Å². The molecular formula is C25H31N5O3. The summed E-state index contributed by atoms with van der Waals surface area (Å²) in [5.41, 5.74) is 4.04. The number of likely N-dealkylation sites (tertiary alicyclic amines) is 1. The average Bonchev–Trinajstić information content (AvgIpc) is 3.20. The van der Waals surface area contributed by atoms with Gasteiger partial charge in [-0.3, -0.25) is 19.4 Å². The highest BCUT2D eigenvalue weighted by molar-refractivity contribution is 5.79. The van der Waals surface area contributed by atoms with Crippen molar-refractivity contribution in [2.24, 2.45) is 7.05 Å². The molecule has 0 atom stereocenters. The maximum absolute atomic E-state index is 12.6. The zero-order chi connectivity index (χ0) is 23.2. The molecule has 0 saturated carbocycles. The van der Waals surface area contributed by atoms with E-state index < -0.39 is 0 Å². The third-order valence-electron chi connectivity index (χ3n) is 6.08. The van der Waals surface area contributed by atoms with E-state index >= 15 is 0 Å². The average molecular weight is 450 g/mol. The Bertz CT molecular complexity index is 1070. The minimum absolute atomic E-state index is 0.0356. The lowest BCUT2D eigenvalue weighted by atomic mass is 10.0. The number of aryl methyl sites for hydroxylation is 1. The summed E-state index contributed by atoms with van der Waals surface area (Å²) >= 11 is 0. The van der Waals surface area contributed by atoms with Gasteiger partial charge in [0.25, 0.3) is 0 Å². The lowest BCUT2D eigenvalue weighted by Crippen LogP contribution is -2.44. The highest BCUT2D eigenvalue weighted by atomic mass is 16.5. The molecule has 174 valence electrons. The highest BCUT2D eigenvalue weighted by Gasteiger charge is 2.22. The second kappa shape index (κ2) is 10.5. The Balaban J connectivity index is 1.26. The number of hydrogen-bond donors (Lipinski definition) is 1. The van der Waals surface area contributed by atoms with Crippen LogP contribution >= 0.6 is 0 Å². The first-order valence-corrected chi connectivity index (χ1v) is 11.2. The van der Waals surface area contributed by atoms with E-state index in [1.54, 1.807) is 20.4 Å². The van der Waals surface area contributed by atoms with Crippen molar-refractivity contribution in [3.8, 4) is 22.8 Å². The summed E-state index contributed by atoms with van der Waals surface area (Å²) in [5, 5.41) is 7.83. The van der Waals surface area contributed by atoms with Crippen LogP contribution in [0.25, 0.3) is 11.3 Å². The van der Waals surface area contributed by atoms with Gasteiger partial charge in [0.1, 0.15) is 0 Å². The number of piperidine rings is 1. The van der Waals surface area contributed by atoms with Crippen LogP contribution in [0.15, 0.2) is 48.8 Å². The van der Waals surface area contributed by atoms with E-state index in [4.69, 9.17) is 9.47 Å². The third-order valence-corrected chi connectivity index (χ3v) is 6.08. The number of nitrogens with one attached hydrogen (secondary N) is 1. The summed E-state index contributed by atoms with van der Waals surface area (Å²) < 4.78 is 12.5. The van der Waals surface area contributed by atoms with E-state index in [0.717, 1.165) is 49.3 Å². The number of rotatable bonds is 8. The van der Waals surface area contributed by atoms with Crippen molar-refractivity contribution < 1.29 is 14.3 Å². The van der Waals surface area contributed by atoms with Crippen molar-refractivity contribution in [2.45, 2.75) is 31.8 Å². The van der Waals surface area contributed by atoms with E-state index in [0.29, 0.717) is 17.9 Å². The van der Waals surface area contributed by atoms with Gasteiger partial charge in [0, 0.05) is 50.7 Å². The minimum atomic E-state index is 0.0356. The standard InChI is InChI=1S/C25H31N5O3/c1-29-21(15-22(28-29)19-5-4-10-26-16-19)17-30-11-8-20(9-12-30)27-25(31)14-18-6-7-23(32-2)24(13-18)33-3/h4-7,10,13,15-16,20H,8-9,11-12,14,17H2,1-3H3,(H,27,31). The molecule has 1 fully saturated rings. The van der Waals surface area contributed by atoms with Gasteiger partial charge in [-0.2, -0.15) is 5.10 Å². The molecule has 8 heteroatoms. The monoisotopic (exact) mass is 449 g/mol. The van der Waals surface area contributed by atoms with Gasteiger partial charge in [-0.05, 0) is 48.7 Å². The summed E-state index contributed by atoms with van der Waals surface area (Å²) in [7, 11) is 5.18. The van der Waals surface area contributed by atoms with Crippen molar-refractivity contribution >= 4 is 5.91 Å². The van der Waals surface area contributed by atoms with Gasteiger partial charge in [-0.1, -0.05) is 6.07 Å². The predicted molar refractivity (Wildman–Crippen MR) is 126 cm³/mol. The Morgan fingerprint density at radius 1 is 1.12 bits per heavy atom. The normalized spacial score (nSPS) is 14.8. The number of aromatic nitrogens is 3. The molecule has 1 aliphatic heterocycles. The van der Waals surface area contributed by atoms with Crippen LogP contribution in [0.2, 0.25) is 0 Å². The molecule has 0 aliphatic carbocycles. The summed E-state index contributed by atoms with van der Waals surface area (Å²) in [5.74, 6) is 1.33. The van der Waals surface area contributed by atoms with Crippen LogP contribution in [0, 0.1) is 0 Å². The molecule has 1 aromatic carbocycles. The van der Waals surface area contributed by atoms with Crippen molar-refractivity contribution in [3.63, 3.8) is 0 Å². The van der Waals surface area contributed by atoms with Crippen LogP contribution in [-0.4, -0.2) is 58.9 Å². The maximum Gasteiger partial charge on any atom is 0.224 e. The number of benzene rings is 1. The molecule has 8 nitrogen and oxygen atoms in total. The molecule has 0 radical (unpaired) electrons. The molecule has 3 heterocycles. The van der Waals surface area contributed by atoms with Crippen molar-refractivity contribution in [3.05, 3.63) is 60.0 Å². The first kappa shape index (κ1) is 22.8. The smallest absolute Gasteiger partial charge is 0.224 e. The summed E-state index contributed by atoms with van der Waals surface area (Å²) in [4.78, 5) is 19.2. The highest BCUT2D eigenvalue weighted by Crippen LogP contribution is 2.27. The second-order valence-corrected chi connectivity index (χ2v) is 8.37. The molecule has 0 unspecified atom stereocenters. The molecule has 1 saturated heterocycles. The zero-order valence-electron chi connectivity index (χ0n) is 19.5. The number of hydrogen-bond acceptors (Lipinski definition) is 6. The largest absolute Gasteiger partial charge is 0.493 e. The molecule has 1 N–H and O–H groups in total. The van der Waals surface area contributed by atoms with Crippen molar-refractivity contribution in [2.75, 3.05) is 27.3 Å². The summed E-state index contributed by atoms with van der Waals surface area (Å²) in [6, 6.07) is 11.9. The number of pyridine rings is 1. The topological polar surface area (TPSA) is 81.5 Å². The Morgan fingerprint density at radius 2 is 1.91 bits per heavy atom. The Labute approximate surface area is 194 Å². The molecule has 0 spiro atoms. The fourth-order valence-corrected chi connectivity index (χ4v) is 4.23. The predicted octanol–water partition coefficient (Wildman–Crippen LogP) is 2.82. The molecular weight excluding hydrogens is 418 g/mol. The van der Waals surface area contributed by atoms with Gasteiger partial charge in [0.15, 0.2) is 11.5 Å². The molecule has 1 amide bonds. The Kier molecular flexibility index (Phi) is 7.24. The summed E-state index contributed by atoms with van der Waals surface area (Å²) in [6.45, 7) is 2.72. The molecule has 4 rings (SSSR count). The van der Waals surface area contributed by atoms with Crippen molar-refractivity contribution in [1.29, 1.82) is 0 Å². The van der Waals surface area contributed by atoms with Crippen LogP contribution in [0.1, 0.15) is 24.1 Å². The van der Waals surface area contributed by atoms with E-state index in [9.17, 15) is 4.79 Å². The SMILES string of the molecule is COc1ccc(CC(=O)NC2CCN(Cc3cc(-c4cccnc4)nn3C)CC2)cc1OC. The lowest BCUT2D eigenvalue weighted by molar-refractivity contribution is -0.121. The van der Waals surface area contributed by atoms with E-state index in [2.05, 4.69) is 26.4 Å². The van der Waals surface area contributed by atoms with Gasteiger partial charge in [-0.25, -0.2) is 0 Å². The van der Waals surface area contributed by atoms with E-state index in [1.807, 2.05) is 48.3 Å². The number of nitrogens with zero attached hydrogens (tertiary/aromatic N) is 4. The van der Waals surface area contributed by atoms with Gasteiger partial charge in [0.05, 0.1) is 32.0 Å². The molecule has 3 aromatic rings. The number of ether oxygens (including phenoxy) is 2. The number of amides is 1. The van der Waals surface area contributed by atoms with Gasteiger partial charge in [0.2, 0.25) is 5.91 Å². The minimum Gasteiger partial charge on any atom is -0.493 e. The lowest BCUT2D eigenvalue weighted by Gasteiger charge is -2.32. The zero-order valence-corrected chi connectivity index (χ0v) is 19.5. The molecule has 33 heavy (non-hydrogen) atoms. The third kappa shape index (κ3) is 5.70.